The summed E-state index contributed by atoms with van der Waals surface area (Å²) in [5, 5.41) is 2.16. The molecule has 0 bridgehead atoms. The predicted octanol–water partition coefficient (Wildman–Crippen LogP) is 2.58. The zero-order chi connectivity index (χ0) is 14.4. The molecule has 0 radical (unpaired) electrons. The number of carbonyl (C=O) groups is 1. The highest BCUT2D eigenvalue weighted by Crippen LogP contribution is 2.22. The highest BCUT2D eigenvalue weighted by Gasteiger charge is 2.06. The zero-order valence-electron chi connectivity index (χ0n) is 11.7. The van der Waals surface area contributed by atoms with E-state index in [-0.39, 0.29) is 12.4 Å². The van der Waals surface area contributed by atoms with Gasteiger partial charge >= 0.3 is 5.97 Å². The molecule has 0 atom stereocenters. The van der Waals surface area contributed by atoms with Gasteiger partial charge in [0, 0.05) is 7.11 Å². The number of fused-ring (bicyclic) bond motifs is 1. The fraction of sp³-hybridized carbons (Fsp3) is 0.312. The van der Waals surface area contributed by atoms with Crippen molar-refractivity contribution in [2.75, 3.05) is 27.4 Å². The average Bonchev–Trinajstić information content (AvgIpc) is 2.47. The summed E-state index contributed by atoms with van der Waals surface area (Å²) >= 11 is 0. The van der Waals surface area contributed by atoms with Crippen LogP contribution in [0.5, 0.6) is 5.75 Å². The van der Waals surface area contributed by atoms with Crippen LogP contribution in [0.15, 0.2) is 36.4 Å². The van der Waals surface area contributed by atoms with Gasteiger partial charge in [0.1, 0.15) is 12.4 Å². The largest absolute Gasteiger partial charge is 0.497 e. The number of hydrogen-bond acceptors (Lipinski definition) is 4. The van der Waals surface area contributed by atoms with E-state index < -0.39 is 0 Å². The minimum absolute atomic E-state index is 0.241. The van der Waals surface area contributed by atoms with Crippen LogP contribution in [0.25, 0.3) is 10.8 Å². The van der Waals surface area contributed by atoms with Crippen molar-refractivity contribution in [2.24, 2.45) is 0 Å². The molecule has 0 spiro atoms. The maximum absolute atomic E-state index is 11.6. The lowest BCUT2D eigenvalue weighted by Crippen LogP contribution is -2.11. The molecule has 4 heteroatoms. The molecule has 0 amide bonds. The molecule has 106 valence electrons. The minimum atomic E-state index is -0.241. The molecule has 4 nitrogen and oxygen atoms in total. The molecule has 2 aromatic carbocycles. The molecule has 0 aliphatic rings. The summed E-state index contributed by atoms with van der Waals surface area (Å²) in [6.07, 6.45) is 0.270. The number of benzene rings is 2. The molecular formula is C16H18O4. The summed E-state index contributed by atoms with van der Waals surface area (Å²) < 4.78 is 15.1. The SMILES string of the molecule is COCCOC(=O)Cc1ccc2cc(OC)ccc2c1. The van der Waals surface area contributed by atoms with Gasteiger partial charge in [-0.25, -0.2) is 0 Å². The molecule has 2 rings (SSSR count). The van der Waals surface area contributed by atoms with Gasteiger partial charge in [0.15, 0.2) is 0 Å². The van der Waals surface area contributed by atoms with E-state index in [0.717, 1.165) is 22.1 Å². The van der Waals surface area contributed by atoms with Crippen molar-refractivity contribution in [3.63, 3.8) is 0 Å². The lowest BCUT2D eigenvalue weighted by molar-refractivity contribution is -0.144. The fourth-order valence-corrected chi connectivity index (χ4v) is 1.97. The summed E-state index contributed by atoms with van der Waals surface area (Å²) in [5.41, 5.74) is 0.935. The van der Waals surface area contributed by atoms with Crippen molar-refractivity contribution in [1.29, 1.82) is 0 Å². The van der Waals surface area contributed by atoms with Crippen LogP contribution in [-0.4, -0.2) is 33.4 Å². The van der Waals surface area contributed by atoms with E-state index in [9.17, 15) is 4.79 Å². The van der Waals surface area contributed by atoms with E-state index in [2.05, 4.69) is 0 Å². The van der Waals surface area contributed by atoms with Crippen molar-refractivity contribution < 1.29 is 19.0 Å². The Balaban J connectivity index is 2.06. The van der Waals surface area contributed by atoms with E-state index in [4.69, 9.17) is 14.2 Å². The van der Waals surface area contributed by atoms with Crippen molar-refractivity contribution in [2.45, 2.75) is 6.42 Å². The maximum Gasteiger partial charge on any atom is 0.310 e. The van der Waals surface area contributed by atoms with Gasteiger partial charge in [-0.1, -0.05) is 24.3 Å². The predicted molar refractivity (Wildman–Crippen MR) is 77.0 cm³/mol. The number of esters is 1. The van der Waals surface area contributed by atoms with Crippen LogP contribution in [-0.2, 0) is 20.7 Å². The lowest BCUT2D eigenvalue weighted by atomic mass is 10.0. The van der Waals surface area contributed by atoms with Gasteiger partial charge in [0.05, 0.1) is 20.1 Å². The van der Waals surface area contributed by atoms with Crippen molar-refractivity contribution in [3.05, 3.63) is 42.0 Å². The van der Waals surface area contributed by atoms with Crippen LogP contribution in [0, 0.1) is 0 Å². The van der Waals surface area contributed by atoms with Crippen molar-refractivity contribution >= 4 is 16.7 Å². The first-order valence-electron chi connectivity index (χ1n) is 6.44. The molecule has 0 fully saturated rings. The van der Waals surface area contributed by atoms with E-state index in [1.807, 2.05) is 36.4 Å². The first-order valence-corrected chi connectivity index (χ1v) is 6.44. The standard InChI is InChI=1S/C16H18O4/c1-18-7-8-20-16(17)10-12-3-4-14-11-15(19-2)6-5-13(14)9-12/h3-6,9,11H,7-8,10H2,1-2H3. The summed E-state index contributed by atoms with van der Waals surface area (Å²) in [5.74, 6) is 0.583. The second-order valence-electron chi connectivity index (χ2n) is 4.44. The average molecular weight is 274 g/mol. The molecule has 0 unspecified atom stereocenters. The molecule has 0 N–H and O–H groups in total. The quantitative estimate of drug-likeness (QED) is 0.600. The summed E-state index contributed by atoms with van der Waals surface area (Å²) in [6, 6.07) is 11.8. The minimum Gasteiger partial charge on any atom is -0.497 e. The van der Waals surface area contributed by atoms with Crippen LogP contribution in [0.1, 0.15) is 5.56 Å². The molecule has 0 aliphatic carbocycles. The molecule has 0 aromatic heterocycles. The van der Waals surface area contributed by atoms with Crippen molar-refractivity contribution in [3.8, 4) is 5.75 Å². The summed E-state index contributed by atoms with van der Waals surface area (Å²) in [7, 11) is 3.22. The Bertz CT molecular complexity index is 592. The van der Waals surface area contributed by atoms with Gasteiger partial charge in [-0.3, -0.25) is 4.79 Å². The number of rotatable bonds is 6. The van der Waals surface area contributed by atoms with Gasteiger partial charge in [0.2, 0.25) is 0 Å². The topological polar surface area (TPSA) is 44.8 Å². The number of carbonyl (C=O) groups excluding carboxylic acids is 1. The molecule has 0 saturated heterocycles. The Hall–Kier alpha value is -2.07. The van der Waals surface area contributed by atoms with Crippen LogP contribution >= 0.6 is 0 Å². The second-order valence-corrected chi connectivity index (χ2v) is 4.44. The van der Waals surface area contributed by atoms with Gasteiger partial charge in [-0.05, 0) is 28.5 Å². The molecule has 0 saturated carbocycles. The Morgan fingerprint density at radius 2 is 1.75 bits per heavy atom. The third kappa shape index (κ3) is 3.71. The van der Waals surface area contributed by atoms with Gasteiger partial charge in [-0.2, -0.15) is 0 Å². The van der Waals surface area contributed by atoms with Gasteiger partial charge in [-0.15, -0.1) is 0 Å². The van der Waals surface area contributed by atoms with Crippen LogP contribution in [0.4, 0.5) is 0 Å². The molecule has 20 heavy (non-hydrogen) atoms. The third-order valence-corrected chi connectivity index (χ3v) is 3.01. The third-order valence-electron chi connectivity index (χ3n) is 3.01. The second kappa shape index (κ2) is 6.91. The first kappa shape index (κ1) is 14.3. The molecular weight excluding hydrogens is 256 g/mol. The van der Waals surface area contributed by atoms with Crippen LogP contribution < -0.4 is 4.74 Å². The Labute approximate surface area is 118 Å². The van der Waals surface area contributed by atoms with E-state index in [1.165, 1.54) is 0 Å². The Morgan fingerprint density at radius 3 is 2.50 bits per heavy atom. The molecule has 2 aromatic rings. The number of methoxy groups -OCH3 is 2. The van der Waals surface area contributed by atoms with Gasteiger partial charge in [0.25, 0.3) is 0 Å². The molecule has 0 heterocycles. The Kier molecular flexibility index (Phi) is 4.96. The number of hydrogen-bond donors (Lipinski definition) is 0. The monoisotopic (exact) mass is 274 g/mol. The highest BCUT2D eigenvalue weighted by molar-refractivity contribution is 5.85. The first-order chi connectivity index (χ1) is 9.72. The smallest absolute Gasteiger partial charge is 0.310 e. The fourth-order valence-electron chi connectivity index (χ4n) is 1.97. The number of ether oxygens (including phenoxy) is 3. The Morgan fingerprint density at radius 1 is 1.00 bits per heavy atom. The zero-order valence-corrected chi connectivity index (χ0v) is 11.7. The summed E-state index contributed by atoms with van der Waals surface area (Å²) in [4.78, 5) is 11.6. The summed E-state index contributed by atoms with van der Waals surface area (Å²) in [6.45, 7) is 0.712. The normalized spacial score (nSPS) is 10.5. The van der Waals surface area contributed by atoms with E-state index in [1.54, 1.807) is 14.2 Å². The van der Waals surface area contributed by atoms with Crippen LogP contribution in [0.3, 0.4) is 0 Å². The van der Waals surface area contributed by atoms with E-state index in [0.29, 0.717) is 13.2 Å². The maximum atomic E-state index is 11.6. The van der Waals surface area contributed by atoms with Crippen molar-refractivity contribution in [1.82, 2.24) is 0 Å². The molecule has 0 aliphatic heterocycles. The van der Waals surface area contributed by atoms with Crippen LogP contribution in [0.2, 0.25) is 0 Å². The van der Waals surface area contributed by atoms with E-state index >= 15 is 0 Å². The lowest BCUT2D eigenvalue weighted by Gasteiger charge is -2.06. The van der Waals surface area contributed by atoms with Gasteiger partial charge < -0.3 is 14.2 Å². The highest BCUT2D eigenvalue weighted by atomic mass is 16.6.